The molecule has 0 aromatic heterocycles. The SMILES string of the molecule is CN(C1CCCN(Cc2cccc(Br)c2)C1)S(=O)(=O)C1CC1. The summed E-state index contributed by atoms with van der Waals surface area (Å²) in [6.45, 7) is 2.75. The van der Waals surface area contributed by atoms with Crippen LogP contribution in [0.1, 0.15) is 31.2 Å². The van der Waals surface area contributed by atoms with Gasteiger partial charge in [-0.25, -0.2) is 12.7 Å². The van der Waals surface area contributed by atoms with Gasteiger partial charge in [0.1, 0.15) is 0 Å². The molecule has 1 atom stereocenters. The summed E-state index contributed by atoms with van der Waals surface area (Å²) in [6, 6.07) is 8.45. The summed E-state index contributed by atoms with van der Waals surface area (Å²) in [7, 11) is -1.30. The Kier molecular flexibility index (Phi) is 4.92. The van der Waals surface area contributed by atoms with Crippen molar-refractivity contribution < 1.29 is 8.42 Å². The average Bonchev–Trinajstić information content (AvgIpc) is 3.32. The molecule has 1 aromatic carbocycles. The van der Waals surface area contributed by atoms with Crippen LogP contribution in [0.3, 0.4) is 0 Å². The van der Waals surface area contributed by atoms with Gasteiger partial charge in [0.2, 0.25) is 10.0 Å². The zero-order chi connectivity index (χ0) is 15.7. The lowest BCUT2D eigenvalue weighted by atomic mass is 10.1. The van der Waals surface area contributed by atoms with Gasteiger partial charge in [-0.2, -0.15) is 0 Å². The highest BCUT2D eigenvalue weighted by Gasteiger charge is 2.41. The number of piperidine rings is 1. The Hall–Kier alpha value is -0.430. The molecule has 1 aromatic rings. The minimum Gasteiger partial charge on any atom is -0.297 e. The van der Waals surface area contributed by atoms with E-state index in [4.69, 9.17) is 0 Å². The molecule has 1 heterocycles. The van der Waals surface area contributed by atoms with Gasteiger partial charge < -0.3 is 0 Å². The smallest absolute Gasteiger partial charge is 0.217 e. The van der Waals surface area contributed by atoms with Crippen molar-refractivity contribution in [2.45, 2.75) is 43.5 Å². The average molecular weight is 387 g/mol. The third-order valence-corrected chi connectivity index (χ3v) is 7.55. The number of likely N-dealkylation sites (tertiary alicyclic amines) is 1. The lowest BCUT2D eigenvalue weighted by Gasteiger charge is -2.37. The summed E-state index contributed by atoms with van der Waals surface area (Å²) in [6.07, 6.45) is 3.70. The first-order valence-corrected chi connectivity index (χ1v) is 10.2. The fraction of sp³-hybridized carbons (Fsp3) is 0.625. The molecule has 0 bridgehead atoms. The number of rotatable bonds is 5. The highest BCUT2D eigenvalue weighted by molar-refractivity contribution is 9.10. The van der Waals surface area contributed by atoms with Crippen LogP contribution in [0.4, 0.5) is 0 Å². The van der Waals surface area contributed by atoms with Crippen LogP contribution in [0, 0.1) is 0 Å². The lowest BCUT2D eigenvalue weighted by Crippen LogP contribution is -2.49. The molecular weight excluding hydrogens is 364 g/mol. The predicted octanol–water partition coefficient (Wildman–Crippen LogP) is 2.84. The highest BCUT2D eigenvalue weighted by Crippen LogP contribution is 2.32. The third-order valence-electron chi connectivity index (χ3n) is 4.64. The van der Waals surface area contributed by atoms with Crippen molar-refractivity contribution in [2.24, 2.45) is 0 Å². The van der Waals surface area contributed by atoms with Gasteiger partial charge in [-0.05, 0) is 49.9 Å². The largest absolute Gasteiger partial charge is 0.297 e. The zero-order valence-electron chi connectivity index (χ0n) is 12.9. The van der Waals surface area contributed by atoms with Crippen molar-refractivity contribution in [1.29, 1.82) is 0 Å². The molecule has 4 nitrogen and oxygen atoms in total. The number of hydrogen-bond acceptors (Lipinski definition) is 3. The van der Waals surface area contributed by atoms with Crippen LogP contribution >= 0.6 is 15.9 Å². The van der Waals surface area contributed by atoms with E-state index >= 15 is 0 Å². The first-order chi connectivity index (χ1) is 10.5. The molecule has 0 spiro atoms. The van der Waals surface area contributed by atoms with E-state index in [1.165, 1.54) is 5.56 Å². The predicted molar refractivity (Wildman–Crippen MR) is 92.1 cm³/mol. The summed E-state index contributed by atoms with van der Waals surface area (Å²) in [5.41, 5.74) is 1.27. The van der Waals surface area contributed by atoms with E-state index in [0.29, 0.717) is 0 Å². The number of nitrogens with zero attached hydrogens (tertiary/aromatic N) is 2. The van der Waals surface area contributed by atoms with Crippen LogP contribution in [0.15, 0.2) is 28.7 Å². The van der Waals surface area contributed by atoms with E-state index in [0.717, 1.165) is 49.8 Å². The number of sulfonamides is 1. The van der Waals surface area contributed by atoms with Crippen LogP contribution in [0.5, 0.6) is 0 Å². The van der Waals surface area contributed by atoms with Crippen LogP contribution in [0.2, 0.25) is 0 Å². The molecule has 1 saturated heterocycles. The Balaban J connectivity index is 1.64. The number of halogens is 1. The van der Waals surface area contributed by atoms with Gasteiger partial charge in [0, 0.05) is 30.7 Å². The third kappa shape index (κ3) is 3.72. The fourth-order valence-corrected chi connectivity index (χ4v) is 5.41. The zero-order valence-corrected chi connectivity index (χ0v) is 15.3. The summed E-state index contributed by atoms with van der Waals surface area (Å²) in [5, 5.41) is -0.113. The molecule has 1 unspecified atom stereocenters. The molecule has 3 rings (SSSR count). The second-order valence-corrected chi connectivity index (χ2v) is 9.61. The molecule has 1 aliphatic carbocycles. The topological polar surface area (TPSA) is 40.6 Å². The Morgan fingerprint density at radius 1 is 1.32 bits per heavy atom. The Labute approximate surface area is 141 Å². The minimum atomic E-state index is -3.07. The molecule has 0 radical (unpaired) electrons. The van der Waals surface area contributed by atoms with Crippen LogP contribution in [-0.4, -0.2) is 49.1 Å². The van der Waals surface area contributed by atoms with E-state index in [1.807, 2.05) is 12.1 Å². The lowest BCUT2D eigenvalue weighted by molar-refractivity contribution is 0.153. The molecule has 1 aliphatic heterocycles. The Bertz CT molecular complexity index is 631. The first kappa shape index (κ1) is 16.4. The van der Waals surface area contributed by atoms with Crippen molar-refractivity contribution in [3.05, 3.63) is 34.3 Å². The maximum atomic E-state index is 12.4. The van der Waals surface area contributed by atoms with Gasteiger partial charge in [0.05, 0.1) is 5.25 Å². The number of likely N-dealkylation sites (N-methyl/N-ethyl adjacent to an activating group) is 1. The van der Waals surface area contributed by atoms with Crippen LogP contribution < -0.4 is 0 Å². The highest BCUT2D eigenvalue weighted by atomic mass is 79.9. The molecule has 6 heteroatoms. The second-order valence-electron chi connectivity index (χ2n) is 6.42. The monoisotopic (exact) mass is 386 g/mol. The summed E-state index contributed by atoms with van der Waals surface area (Å²) < 4.78 is 27.5. The van der Waals surface area contributed by atoms with Crippen molar-refractivity contribution in [2.75, 3.05) is 20.1 Å². The standard InChI is InChI=1S/C16H23BrN2O2S/c1-18(22(20,21)16-7-8-16)15-6-3-9-19(12-15)11-13-4-2-5-14(17)10-13/h2,4-5,10,15-16H,3,6-9,11-12H2,1H3. The molecule has 1 saturated carbocycles. The van der Waals surface area contributed by atoms with E-state index in [9.17, 15) is 8.42 Å². The van der Waals surface area contributed by atoms with Crippen molar-refractivity contribution >= 4 is 26.0 Å². The Morgan fingerprint density at radius 2 is 2.09 bits per heavy atom. The van der Waals surface area contributed by atoms with Crippen LogP contribution in [-0.2, 0) is 16.6 Å². The van der Waals surface area contributed by atoms with Gasteiger partial charge in [-0.15, -0.1) is 0 Å². The molecular formula is C16H23BrN2O2S. The van der Waals surface area contributed by atoms with E-state index in [2.05, 4.69) is 33.0 Å². The van der Waals surface area contributed by atoms with Crippen molar-refractivity contribution in [3.63, 3.8) is 0 Å². The number of benzene rings is 1. The van der Waals surface area contributed by atoms with E-state index < -0.39 is 10.0 Å². The van der Waals surface area contributed by atoms with E-state index in [1.54, 1.807) is 11.4 Å². The molecule has 2 fully saturated rings. The number of hydrogen-bond donors (Lipinski definition) is 0. The maximum Gasteiger partial charge on any atom is 0.217 e. The summed E-state index contributed by atoms with van der Waals surface area (Å²) >= 11 is 3.50. The molecule has 122 valence electrons. The quantitative estimate of drug-likeness (QED) is 0.780. The summed E-state index contributed by atoms with van der Waals surface area (Å²) in [5.74, 6) is 0. The first-order valence-electron chi connectivity index (χ1n) is 7.90. The normalized spacial score (nSPS) is 23.9. The molecule has 0 N–H and O–H groups in total. The molecule has 22 heavy (non-hydrogen) atoms. The van der Waals surface area contributed by atoms with Gasteiger partial charge >= 0.3 is 0 Å². The minimum absolute atomic E-state index is 0.113. The molecule has 2 aliphatic rings. The maximum absolute atomic E-state index is 12.4. The van der Waals surface area contributed by atoms with Crippen molar-refractivity contribution in [1.82, 2.24) is 9.21 Å². The van der Waals surface area contributed by atoms with Gasteiger partial charge in [0.25, 0.3) is 0 Å². The summed E-state index contributed by atoms with van der Waals surface area (Å²) in [4.78, 5) is 2.37. The van der Waals surface area contributed by atoms with Gasteiger partial charge in [-0.3, -0.25) is 4.90 Å². The second kappa shape index (κ2) is 6.59. The van der Waals surface area contributed by atoms with Gasteiger partial charge in [-0.1, -0.05) is 28.1 Å². The van der Waals surface area contributed by atoms with Crippen molar-refractivity contribution in [3.8, 4) is 0 Å². The molecule has 0 amide bonds. The van der Waals surface area contributed by atoms with Crippen LogP contribution in [0.25, 0.3) is 0 Å². The van der Waals surface area contributed by atoms with E-state index in [-0.39, 0.29) is 11.3 Å². The Morgan fingerprint density at radius 3 is 2.77 bits per heavy atom. The fourth-order valence-electron chi connectivity index (χ4n) is 3.17. The van der Waals surface area contributed by atoms with Gasteiger partial charge in [0.15, 0.2) is 0 Å².